The van der Waals surface area contributed by atoms with E-state index >= 15 is 0 Å². The van der Waals surface area contributed by atoms with Crippen molar-refractivity contribution < 1.29 is 23.7 Å². The van der Waals surface area contributed by atoms with E-state index in [2.05, 4.69) is 6.92 Å². The Balaban J connectivity index is 2.77. The maximum Gasteiger partial charge on any atom is 0.186 e. The topological polar surface area (TPSA) is 46.2 Å². The van der Waals surface area contributed by atoms with E-state index in [-0.39, 0.29) is 24.2 Å². The lowest BCUT2D eigenvalue weighted by Crippen LogP contribution is -2.57. The maximum absolute atomic E-state index is 5.94. The first-order chi connectivity index (χ1) is 9.19. The minimum atomic E-state index is -0.404. The third kappa shape index (κ3) is 4.39. The van der Waals surface area contributed by atoms with Crippen LogP contribution >= 0.6 is 0 Å². The lowest BCUT2D eigenvalue weighted by atomic mass is 9.90. The highest BCUT2D eigenvalue weighted by molar-refractivity contribution is 4.89. The summed E-state index contributed by atoms with van der Waals surface area (Å²) in [6, 6.07) is 0. The number of methoxy groups -OCH3 is 1. The summed E-state index contributed by atoms with van der Waals surface area (Å²) in [4.78, 5) is 0. The molecule has 5 heteroatoms. The summed E-state index contributed by atoms with van der Waals surface area (Å²) in [6.45, 7) is 10.5. The van der Waals surface area contributed by atoms with Gasteiger partial charge in [0.2, 0.25) is 0 Å². The van der Waals surface area contributed by atoms with Crippen LogP contribution < -0.4 is 0 Å². The minimum absolute atomic E-state index is 0.0295. The van der Waals surface area contributed by atoms with E-state index in [0.29, 0.717) is 26.4 Å². The van der Waals surface area contributed by atoms with Crippen molar-refractivity contribution in [1.82, 2.24) is 0 Å². The molecule has 2 unspecified atom stereocenters. The Labute approximate surface area is 116 Å². The second kappa shape index (κ2) is 8.87. The first-order valence-corrected chi connectivity index (χ1v) is 7.18. The van der Waals surface area contributed by atoms with Crippen LogP contribution in [-0.2, 0) is 23.7 Å². The normalized spacial score (nSPS) is 35.5. The van der Waals surface area contributed by atoms with Crippen molar-refractivity contribution in [3.63, 3.8) is 0 Å². The molecule has 1 saturated heterocycles. The van der Waals surface area contributed by atoms with Gasteiger partial charge < -0.3 is 23.7 Å². The average Bonchev–Trinajstić information content (AvgIpc) is 2.42. The van der Waals surface area contributed by atoms with Gasteiger partial charge in [0.25, 0.3) is 0 Å². The fourth-order valence-electron chi connectivity index (χ4n) is 2.46. The van der Waals surface area contributed by atoms with Crippen LogP contribution in [0.3, 0.4) is 0 Å². The molecule has 1 aliphatic rings. The molecule has 1 fully saturated rings. The van der Waals surface area contributed by atoms with Crippen molar-refractivity contribution in [3.05, 3.63) is 0 Å². The van der Waals surface area contributed by atoms with Crippen LogP contribution in [0.2, 0.25) is 0 Å². The molecule has 1 rings (SSSR count). The Bertz CT molecular complexity index is 236. The number of ether oxygens (including phenoxy) is 5. The first-order valence-electron chi connectivity index (χ1n) is 7.18. The molecule has 0 aromatic heterocycles. The van der Waals surface area contributed by atoms with Crippen molar-refractivity contribution in [1.29, 1.82) is 0 Å². The zero-order valence-corrected chi connectivity index (χ0v) is 12.8. The molecule has 0 amide bonds. The van der Waals surface area contributed by atoms with Gasteiger partial charge in [-0.15, -0.1) is 0 Å². The van der Waals surface area contributed by atoms with Crippen LogP contribution in [0.25, 0.3) is 0 Å². The Morgan fingerprint density at radius 2 is 1.58 bits per heavy atom. The summed E-state index contributed by atoms with van der Waals surface area (Å²) in [7, 11) is 1.63. The zero-order valence-electron chi connectivity index (χ0n) is 12.8. The van der Waals surface area contributed by atoms with E-state index in [1.807, 2.05) is 20.8 Å². The molecule has 19 heavy (non-hydrogen) atoms. The fourth-order valence-corrected chi connectivity index (χ4v) is 2.46. The van der Waals surface area contributed by atoms with Crippen LogP contribution in [0, 0.1) is 5.92 Å². The van der Waals surface area contributed by atoms with E-state index in [9.17, 15) is 0 Å². The molecular formula is C14H28O5. The van der Waals surface area contributed by atoms with Gasteiger partial charge in [-0.05, 0) is 20.8 Å². The van der Waals surface area contributed by atoms with Gasteiger partial charge >= 0.3 is 0 Å². The lowest BCUT2D eigenvalue weighted by Gasteiger charge is -2.44. The first kappa shape index (κ1) is 16.9. The molecule has 0 N–H and O–H groups in total. The van der Waals surface area contributed by atoms with E-state index in [0.717, 1.165) is 0 Å². The van der Waals surface area contributed by atoms with E-state index in [4.69, 9.17) is 23.7 Å². The Hall–Kier alpha value is -0.200. The Morgan fingerprint density at radius 1 is 0.947 bits per heavy atom. The Morgan fingerprint density at radius 3 is 2.11 bits per heavy atom. The summed E-state index contributed by atoms with van der Waals surface area (Å²) in [6.07, 6.45) is -0.659. The number of hydrogen-bond acceptors (Lipinski definition) is 5. The molecule has 0 saturated carbocycles. The largest absolute Gasteiger partial charge is 0.379 e. The van der Waals surface area contributed by atoms with Gasteiger partial charge in [-0.1, -0.05) is 6.92 Å². The monoisotopic (exact) mass is 276 g/mol. The van der Waals surface area contributed by atoms with Gasteiger partial charge in [0.05, 0.1) is 18.8 Å². The zero-order chi connectivity index (χ0) is 14.3. The summed E-state index contributed by atoms with van der Waals surface area (Å²) >= 11 is 0. The predicted octanol–water partition coefficient (Wildman–Crippen LogP) is 1.84. The molecule has 114 valence electrons. The molecule has 0 bridgehead atoms. The molecule has 0 aromatic carbocycles. The Kier molecular flexibility index (Phi) is 7.87. The number of rotatable bonds is 8. The minimum Gasteiger partial charge on any atom is -0.379 e. The molecule has 5 nitrogen and oxygen atoms in total. The standard InChI is InChI=1S/C14H28O5/c1-6-16-9-11-10(4)12(17-7-2)13(18-8-3)14(15-5)19-11/h10-14H,6-9H2,1-5H3/t10-,11?,12+,13?,14-/m1/s1. The second-order valence-corrected chi connectivity index (χ2v) is 4.64. The quantitative estimate of drug-likeness (QED) is 0.677. The average molecular weight is 276 g/mol. The summed E-state index contributed by atoms with van der Waals surface area (Å²) in [5.74, 6) is 0.203. The second-order valence-electron chi connectivity index (χ2n) is 4.64. The molecule has 0 aliphatic carbocycles. The van der Waals surface area contributed by atoms with Crippen molar-refractivity contribution in [2.75, 3.05) is 33.5 Å². The molecule has 0 spiro atoms. The maximum atomic E-state index is 5.94. The summed E-state index contributed by atoms with van der Waals surface area (Å²) in [5, 5.41) is 0. The van der Waals surface area contributed by atoms with Gasteiger partial charge in [-0.25, -0.2) is 0 Å². The summed E-state index contributed by atoms with van der Waals surface area (Å²) in [5.41, 5.74) is 0. The van der Waals surface area contributed by atoms with Gasteiger partial charge in [0.15, 0.2) is 6.29 Å². The highest BCUT2D eigenvalue weighted by Crippen LogP contribution is 2.30. The lowest BCUT2D eigenvalue weighted by molar-refractivity contribution is -0.297. The van der Waals surface area contributed by atoms with Crippen molar-refractivity contribution in [3.8, 4) is 0 Å². The van der Waals surface area contributed by atoms with Gasteiger partial charge in [0, 0.05) is 32.8 Å². The third-order valence-corrected chi connectivity index (χ3v) is 3.44. The van der Waals surface area contributed by atoms with Crippen LogP contribution in [0.5, 0.6) is 0 Å². The molecule has 0 aromatic rings. The van der Waals surface area contributed by atoms with E-state index in [1.54, 1.807) is 7.11 Å². The van der Waals surface area contributed by atoms with Crippen molar-refractivity contribution in [2.24, 2.45) is 5.92 Å². The van der Waals surface area contributed by atoms with E-state index in [1.165, 1.54) is 0 Å². The smallest absolute Gasteiger partial charge is 0.186 e. The molecule has 1 heterocycles. The van der Waals surface area contributed by atoms with Gasteiger partial charge in [-0.2, -0.15) is 0 Å². The van der Waals surface area contributed by atoms with Crippen molar-refractivity contribution >= 4 is 0 Å². The highest BCUT2D eigenvalue weighted by atomic mass is 16.7. The molecular weight excluding hydrogens is 248 g/mol. The molecule has 5 atom stereocenters. The number of hydrogen-bond donors (Lipinski definition) is 0. The third-order valence-electron chi connectivity index (χ3n) is 3.44. The van der Waals surface area contributed by atoms with Crippen LogP contribution in [-0.4, -0.2) is 58.1 Å². The summed E-state index contributed by atoms with van der Waals surface area (Å²) < 4.78 is 28.4. The molecule has 1 aliphatic heterocycles. The van der Waals surface area contributed by atoms with Crippen molar-refractivity contribution in [2.45, 2.75) is 52.3 Å². The van der Waals surface area contributed by atoms with Gasteiger partial charge in [-0.3, -0.25) is 0 Å². The highest BCUT2D eigenvalue weighted by Gasteiger charge is 2.45. The SMILES string of the molecule is CCOCC1O[C@@H](OC)C(OCC)[C@@H](OCC)[C@@H]1C. The predicted molar refractivity (Wildman–Crippen MR) is 72.2 cm³/mol. The fraction of sp³-hybridized carbons (Fsp3) is 1.00. The van der Waals surface area contributed by atoms with Crippen LogP contribution in [0.4, 0.5) is 0 Å². The van der Waals surface area contributed by atoms with Crippen LogP contribution in [0.1, 0.15) is 27.7 Å². The van der Waals surface area contributed by atoms with Gasteiger partial charge in [0.1, 0.15) is 6.10 Å². The van der Waals surface area contributed by atoms with Crippen LogP contribution in [0.15, 0.2) is 0 Å². The van der Waals surface area contributed by atoms with E-state index < -0.39 is 6.29 Å². The molecule has 0 radical (unpaired) electrons.